The molecule has 1 rings (SSSR count). The smallest absolute Gasteiger partial charge is 0.342 e. The van der Waals surface area contributed by atoms with Crippen molar-refractivity contribution in [2.45, 2.75) is 6.92 Å². The van der Waals surface area contributed by atoms with Crippen LogP contribution >= 0.6 is 0 Å². The molecule has 1 aromatic carbocycles. The Kier molecular flexibility index (Phi) is 4.24. The maximum Gasteiger partial charge on any atom is 0.342 e. The van der Waals surface area contributed by atoms with Crippen molar-refractivity contribution in [2.24, 2.45) is 0 Å². The molecule has 15 heavy (non-hydrogen) atoms. The highest BCUT2D eigenvalue weighted by molar-refractivity contribution is 5.92. The van der Waals surface area contributed by atoms with E-state index in [1.54, 1.807) is 31.2 Å². The molecule has 0 bridgehead atoms. The molecule has 3 heteroatoms. The second-order valence-corrected chi connectivity index (χ2v) is 2.70. The van der Waals surface area contributed by atoms with E-state index in [4.69, 9.17) is 9.47 Å². The number of carbonyl (C=O) groups excluding carboxylic acids is 1. The largest absolute Gasteiger partial charge is 0.496 e. The molecule has 1 aromatic rings. The molecule has 0 fully saturated rings. The van der Waals surface area contributed by atoms with Crippen molar-refractivity contribution >= 4 is 5.97 Å². The van der Waals surface area contributed by atoms with Crippen LogP contribution in [0.25, 0.3) is 0 Å². The molecule has 0 aliphatic rings. The van der Waals surface area contributed by atoms with Gasteiger partial charge in [-0.1, -0.05) is 18.1 Å². The van der Waals surface area contributed by atoms with Crippen molar-refractivity contribution in [3.05, 3.63) is 29.8 Å². The number of benzene rings is 1. The zero-order chi connectivity index (χ0) is 11.1. The van der Waals surface area contributed by atoms with Gasteiger partial charge in [0.05, 0.1) is 7.11 Å². The number of hydrogen-bond acceptors (Lipinski definition) is 3. The predicted octanol–water partition coefficient (Wildman–Crippen LogP) is 1.88. The fourth-order valence-corrected chi connectivity index (χ4v) is 1.06. The lowest BCUT2D eigenvalue weighted by atomic mass is 10.2. The van der Waals surface area contributed by atoms with Gasteiger partial charge in [0.25, 0.3) is 0 Å². The average Bonchev–Trinajstić information content (AvgIpc) is 2.29. The molecule has 0 saturated carbocycles. The summed E-state index contributed by atoms with van der Waals surface area (Å²) >= 11 is 0. The third kappa shape index (κ3) is 3.03. The van der Waals surface area contributed by atoms with E-state index < -0.39 is 5.97 Å². The lowest BCUT2D eigenvalue weighted by Gasteiger charge is -2.06. The minimum Gasteiger partial charge on any atom is -0.496 e. The van der Waals surface area contributed by atoms with Gasteiger partial charge >= 0.3 is 5.97 Å². The van der Waals surface area contributed by atoms with Crippen LogP contribution < -0.4 is 4.74 Å². The average molecular weight is 204 g/mol. The van der Waals surface area contributed by atoms with Gasteiger partial charge in [-0.05, 0) is 19.1 Å². The van der Waals surface area contributed by atoms with E-state index in [1.807, 2.05) is 0 Å². The number of methoxy groups -OCH3 is 1. The SMILES string of the molecule is CC#CCOC(=O)c1ccccc1OC. The Balaban J connectivity index is 2.75. The summed E-state index contributed by atoms with van der Waals surface area (Å²) in [5, 5.41) is 0. The normalized spacial score (nSPS) is 8.67. The molecule has 0 aromatic heterocycles. The Hall–Kier alpha value is -1.95. The fraction of sp³-hybridized carbons (Fsp3) is 0.250. The van der Waals surface area contributed by atoms with Gasteiger partial charge < -0.3 is 9.47 Å². The Labute approximate surface area is 89.0 Å². The maximum atomic E-state index is 11.5. The topological polar surface area (TPSA) is 35.5 Å². The van der Waals surface area contributed by atoms with E-state index >= 15 is 0 Å². The van der Waals surface area contributed by atoms with Gasteiger partial charge in [-0.15, -0.1) is 5.92 Å². The van der Waals surface area contributed by atoms with E-state index in [9.17, 15) is 4.79 Å². The first kappa shape index (κ1) is 11.1. The van der Waals surface area contributed by atoms with Gasteiger partial charge in [-0.3, -0.25) is 0 Å². The summed E-state index contributed by atoms with van der Waals surface area (Å²) in [4.78, 5) is 11.5. The van der Waals surface area contributed by atoms with Crippen LogP contribution in [0, 0.1) is 11.8 Å². The van der Waals surface area contributed by atoms with Crippen molar-refractivity contribution in [1.82, 2.24) is 0 Å². The number of carbonyl (C=O) groups is 1. The molecule has 0 atom stereocenters. The second kappa shape index (κ2) is 5.71. The summed E-state index contributed by atoms with van der Waals surface area (Å²) < 4.78 is 9.95. The highest BCUT2D eigenvalue weighted by atomic mass is 16.5. The lowest BCUT2D eigenvalue weighted by molar-refractivity contribution is 0.0553. The third-order valence-corrected chi connectivity index (χ3v) is 1.78. The van der Waals surface area contributed by atoms with E-state index in [0.29, 0.717) is 11.3 Å². The lowest BCUT2D eigenvalue weighted by Crippen LogP contribution is -2.07. The van der Waals surface area contributed by atoms with E-state index in [1.165, 1.54) is 7.11 Å². The highest BCUT2D eigenvalue weighted by Crippen LogP contribution is 2.17. The summed E-state index contributed by atoms with van der Waals surface area (Å²) in [5.74, 6) is 5.38. The van der Waals surface area contributed by atoms with E-state index in [-0.39, 0.29) is 6.61 Å². The van der Waals surface area contributed by atoms with Gasteiger partial charge in [0.15, 0.2) is 6.61 Å². The first-order valence-electron chi connectivity index (χ1n) is 4.49. The quantitative estimate of drug-likeness (QED) is 0.557. The molecule has 0 aliphatic heterocycles. The molecule has 3 nitrogen and oxygen atoms in total. The Morgan fingerprint density at radius 1 is 1.40 bits per heavy atom. The van der Waals surface area contributed by atoms with Crippen molar-refractivity contribution in [3.63, 3.8) is 0 Å². The molecule has 0 spiro atoms. The minimum absolute atomic E-state index is 0.105. The van der Waals surface area contributed by atoms with Crippen molar-refractivity contribution < 1.29 is 14.3 Å². The van der Waals surface area contributed by atoms with Crippen molar-refractivity contribution in [1.29, 1.82) is 0 Å². The molecule has 0 radical (unpaired) electrons. The molecule has 0 unspecified atom stereocenters. The number of esters is 1. The predicted molar refractivity (Wildman–Crippen MR) is 56.7 cm³/mol. The number of para-hydroxylation sites is 1. The van der Waals surface area contributed by atoms with E-state index in [2.05, 4.69) is 11.8 Å². The monoisotopic (exact) mass is 204 g/mol. The summed E-state index contributed by atoms with van der Waals surface area (Å²) in [6.45, 7) is 1.80. The second-order valence-electron chi connectivity index (χ2n) is 2.70. The zero-order valence-electron chi connectivity index (χ0n) is 8.74. The van der Waals surface area contributed by atoms with Crippen LogP contribution in [0.5, 0.6) is 5.75 Å². The maximum absolute atomic E-state index is 11.5. The summed E-state index contributed by atoms with van der Waals surface area (Å²) in [5.41, 5.74) is 0.415. The van der Waals surface area contributed by atoms with Gasteiger partial charge in [0, 0.05) is 0 Å². The highest BCUT2D eigenvalue weighted by Gasteiger charge is 2.11. The molecule has 0 aliphatic carbocycles. The number of rotatable bonds is 3. The first-order chi connectivity index (χ1) is 7.29. The molecule has 0 amide bonds. The van der Waals surface area contributed by atoms with Gasteiger partial charge in [-0.2, -0.15) is 0 Å². The van der Waals surface area contributed by atoms with Crippen LogP contribution in [0.3, 0.4) is 0 Å². The summed E-state index contributed by atoms with van der Waals surface area (Å²) in [6.07, 6.45) is 0. The van der Waals surface area contributed by atoms with Crippen LogP contribution in [0.1, 0.15) is 17.3 Å². The molecule has 0 saturated heterocycles. The Morgan fingerprint density at radius 2 is 2.13 bits per heavy atom. The molecule has 0 heterocycles. The van der Waals surface area contributed by atoms with Gasteiger partial charge in [-0.25, -0.2) is 4.79 Å². The van der Waals surface area contributed by atoms with Crippen molar-refractivity contribution in [3.8, 4) is 17.6 Å². The standard InChI is InChI=1S/C12H12O3/c1-3-4-9-15-12(13)10-7-5-6-8-11(10)14-2/h5-8H,9H2,1-2H3. The Bertz CT molecular complexity index is 399. The first-order valence-corrected chi connectivity index (χ1v) is 4.49. The van der Waals surface area contributed by atoms with Crippen LogP contribution in [0.2, 0.25) is 0 Å². The number of hydrogen-bond donors (Lipinski definition) is 0. The summed E-state index contributed by atoms with van der Waals surface area (Å²) in [6, 6.07) is 6.91. The molecule has 78 valence electrons. The zero-order valence-corrected chi connectivity index (χ0v) is 8.74. The molecular formula is C12H12O3. The van der Waals surface area contributed by atoms with Crippen LogP contribution in [-0.4, -0.2) is 19.7 Å². The van der Waals surface area contributed by atoms with Gasteiger partial charge in [0.1, 0.15) is 11.3 Å². The van der Waals surface area contributed by atoms with Crippen LogP contribution in [0.4, 0.5) is 0 Å². The minimum atomic E-state index is -0.421. The van der Waals surface area contributed by atoms with Crippen molar-refractivity contribution in [2.75, 3.05) is 13.7 Å². The van der Waals surface area contributed by atoms with Gasteiger partial charge in [0.2, 0.25) is 0 Å². The van der Waals surface area contributed by atoms with E-state index in [0.717, 1.165) is 0 Å². The summed E-state index contributed by atoms with van der Waals surface area (Å²) in [7, 11) is 1.51. The third-order valence-electron chi connectivity index (χ3n) is 1.78. The molecular weight excluding hydrogens is 192 g/mol. The fourth-order valence-electron chi connectivity index (χ4n) is 1.06. The number of ether oxygens (including phenoxy) is 2. The molecule has 0 N–H and O–H groups in total. The Morgan fingerprint density at radius 3 is 2.80 bits per heavy atom. The van der Waals surface area contributed by atoms with Crippen LogP contribution in [0.15, 0.2) is 24.3 Å². The van der Waals surface area contributed by atoms with Crippen LogP contribution in [-0.2, 0) is 4.74 Å².